The van der Waals surface area contributed by atoms with Crippen LogP contribution in [0.15, 0.2) is 48.5 Å². The second-order valence-electron chi connectivity index (χ2n) is 8.03. The van der Waals surface area contributed by atoms with Gasteiger partial charge in [-0.2, -0.15) is 0 Å². The first-order valence-electron chi connectivity index (χ1n) is 11.2. The highest BCUT2D eigenvalue weighted by Crippen LogP contribution is 2.17. The Labute approximate surface area is 186 Å². The topological polar surface area (TPSA) is 58.6 Å². The fourth-order valence-corrected chi connectivity index (χ4v) is 3.31. The van der Waals surface area contributed by atoms with Crippen molar-refractivity contribution >= 4 is 11.8 Å². The van der Waals surface area contributed by atoms with Gasteiger partial charge in [-0.25, -0.2) is 0 Å². The van der Waals surface area contributed by atoms with Crippen molar-refractivity contribution in [3.8, 4) is 5.75 Å². The standard InChI is InChI=1S/C26H36N2O3/c1-6-19(3)27-26(30)20(4)28(18-23-12-15-24(31-5)16-13-23)25(29)17-14-22-10-8-21(7-2)9-11-22/h8-13,15-16,19-20H,6-7,14,17-18H2,1-5H3,(H,27,30)/t19-,20+/m1/s1. The molecule has 0 unspecified atom stereocenters. The number of carbonyl (C=O) groups excluding carboxylic acids is 2. The number of nitrogens with zero attached hydrogens (tertiary/aromatic N) is 1. The van der Waals surface area contributed by atoms with Gasteiger partial charge >= 0.3 is 0 Å². The summed E-state index contributed by atoms with van der Waals surface area (Å²) in [6.45, 7) is 8.31. The summed E-state index contributed by atoms with van der Waals surface area (Å²) < 4.78 is 5.22. The molecule has 1 N–H and O–H groups in total. The van der Waals surface area contributed by atoms with Crippen LogP contribution in [0.2, 0.25) is 0 Å². The van der Waals surface area contributed by atoms with Crippen molar-refractivity contribution in [2.45, 2.75) is 72.0 Å². The molecule has 2 rings (SSSR count). The zero-order valence-electron chi connectivity index (χ0n) is 19.5. The predicted octanol–water partition coefficient (Wildman–Crippen LogP) is 4.52. The highest BCUT2D eigenvalue weighted by Gasteiger charge is 2.26. The first kappa shape index (κ1) is 24.4. The smallest absolute Gasteiger partial charge is 0.242 e. The maximum Gasteiger partial charge on any atom is 0.242 e. The van der Waals surface area contributed by atoms with Gasteiger partial charge in [-0.15, -0.1) is 0 Å². The minimum Gasteiger partial charge on any atom is -0.497 e. The summed E-state index contributed by atoms with van der Waals surface area (Å²) in [4.78, 5) is 27.6. The molecule has 0 aliphatic rings. The van der Waals surface area contributed by atoms with Crippen molar-refractivity contribution in [1.82, 2.24) is 10.2 Å². The molecule has 2 aromatic carbocycles. The number of nitrogens with one attached hydrogen (secondary N) is 1. The van der Waals surface area contributed by atoms with Gasteiger partial charge < -0.3 is 15.0 Å². The molecule has 0 saturated carbocycles. The summed E-state index contributed by atoms with van der Waals surface area (Å²) >= 11 is 0. The van der Waals surface area contributed by atoms with Crippen LogP contribution in [0.3, 0.4) is 0 Å². The van der Waals surface area contributed by atoms with Crippen LogP contribution >= 0.6 is 0 Å². The van der Waals surface area contributed by atoms with E-state index < -0.39 is 6.04 Å². The highest BCUT2D eigenvalue weighted by molar-refractivity contribution is 5.87. The molecule has 168 valence electrons. The number of ether oxygens (including phenoxy) is 1. The Kier molecular flexibility index (Phi) is 9.57. The van der Waals surface area contributed by atoms with E-state index in [4.69, 9.17) is 4.74 Å². The number of hydrogen-bond acceptors (Lipinski definition) is 3. The van der Waals surface area contributed by atoms with Crippen LogP contribution in [0.25, 0.3) is 0 Å². The molecule has 0 aliphatic heterocycles. The lowest BCUT2D eigenvalue weighted by Crippen LogP contribution is -2.49. The van der Waals surface area contributed by atoms with Crippen LogP contribution in [0.1, 0.15) is 57.2 Å². The molecule has 0 saturated heterocycles. The molecule has 0 spiro atoms. The summed E-state index contributed by atoms with van der Waals surface area (Å²) in [7, 11) is 1.62. The van der Waals surface area contributed by atoms with E-state index in [0.29, 0.717) is 19.4 Å². The van der Waals surface area contributed by atoms with E-state index in [0.717, 1.165) is 29.7 Å². The predicted molar refractivity (Wildman–Crippen MR) is 125 cm³/mol. The second kappa shape index (κ2) is 12.1. The molecule has 2 amide bonds. The minimum atomic E-state index is -0.550. The van der Waals surface area contributed by atoms with Gasteiger partial charge in [-0.3, -0.25) is 9.59 Å². The van der Waals surface area contributed by atoms with Crippen LogP contribution in [0.5, 0.6) is 5.75 Å². The van der Waals surface area contributed by atoms with E-state index in [9.17, 15) is 9.59 Å². The van der Waals surface area contributed by atoms with Gasteiger partial charge in [-0.1, -0.05) is 50.2 Å². The SMILES string of the molecule is CCc1ccc(CCC(=O)N(Cc2ccc(OC)cc2)[C@@H](C)C(=O)N[C@H](C)CC)cc1. The Morgan fingerprint density at radius 2 is 1.52 bits per heavy atom. The zero-order valence-corrected chi connectivity index (χ0v) is 19.5. The molecule has 2 atom stereocenters. The Bertz CT molecular complexity index is 831. The average molecular weight is 425 g/mol. The summed E-state index contributed by atoms with van der Waals surface area (Å²) in [5.41, 5.74) is 3.38. The molecular formula is C26H36N2O3. The second-order valence-corrected chi connectivity index (χ2v) is 8.03. The number of hydrogen-bond donors (Lipinski definition) is 1. The molecule has 0 heterocycles. The van der Waals surface area contributed by atoms with Crippen LogP contribution in [-0.2, 0) is 29.0 Å². The molecule has 0 aromatic heterocycles. The van der Waals surface area contributed by atoms with Gasteiger partial charge in [0, 0.05) is 19.0 Å². The van der Waals surface area contributed by atoms with E-state index in [1.54, 1.807) is 18.9 Å². The van der Waals surface area contributed by atoms with Gasteiger partial charge in [0.1, 0.15) is 11.8 Å². The Balaban J connectivity index is 2.13. The lowest BCUT2D eigenvalue weighted by atomic mass is 10.0. The Morgan fingerprint density at radius 1 is 0.935 bits per heavy atom. The Morgan fingerprint density at radius 3 is 2.06 bits per heavy atom. The van der Waals surface area contributed by atoms with Crippen molar-refractivity contribution in [2.75, 3.05) is 7.11 Å². The molecule has 31 heavy (non-hydrogen) atoms. The van der Waals surface area contributed by atoms with Crippen LogP contribution in [-0.4, -0.2) is 35.9 Å². The van der Waals surface area contributed by atoms with Gasteiger partial charge in [0.25, 0.3) is 0 Å². The third-order valence-electron chi connectivity index (χ3n) is 5.74. The van der Waals surface area contributed by atoms with Gasteiger partial charge in [0.15, 0.2) is 0 Å². The number of amides is 2. The average Bonchev–Trinajstić information content (AvgIpc) is 2.81. The molecule has 0 bridgehead atoms. The largest absolute Gasteiger partial charge is 0.497 e. The summed E-state index contributed by atoms with van der Waals surface area (Å²) in [6.07, 6.45) is 2.86. The third-order valence-corrected chi connectivity index (χ3v) is 5.74. The number of rotatable bonds is 11. The number of carbonyl (C=O) groups is 2. The lowest BCUT2D eigenvalue weighted by Gasteiger charge is -2.30. The highest BCUT2D eigenvalue weighted by atomic mass is 16.5. The monoisotopic (exact) mass is 424 g/mol. The summed E-state index contributed by atoms with van der Waals surface area (Å²) in [5, 5.41) is 3.00. The molecule has 0 radical (unpaired) electrons. The van der Waals surface area contributed by atoms with Crippen molar-refractivity contribution < 1.29 is 14.3 Å². The van der Waals surface area contributed by atoms with Crippen molar-refractivity contribution in [3.63, 3.8) is 0 Å². The minimum absolute atomic E-state index is 0.0258. The van der Waals surface area contributed by atoms with E-state index in [1.165, 1.54) is 5.56 Å². The van der Waals surface area contributed by atoms with E-state index in [-0.39, 0.29) is 17.9 Å². The van der Waals surface area contributed by atoms with Gasteiger partial charge in [0.05, 0.1) is 7.11 Å². The molecule has 5 heteroatoms. The van der Waals surface area contributed by atoms with E-state index in [1.807, 2.05) is 38.1 Å². The fraction of sp³-hybridized carbons (Fsp3) is 0.462. The Hall–Kier alpha value is -2.82. The molecule has 0 aliphatic carbocycles. The number of methoxy groups -OCH3 is 1. The summed E-state index contributed by atoms with van der Waals surface area (Å²) in [6, 6.07) is 15.5. The number of aryl methyl sites for hydroxylation is 2. The first-order valence-corrected chi connectivity index (χ1v) is 11.2. The van der Waals surface area contributed by atoms with Crippen molar-refractivity contribution in [3.05, 3.63) is 65.2 Å². The first-order chi connectivity index (χ1) is 14.9. The van der Waals surface area contributed by atoms with Gasteiger partial charge in [0.2, 0.25) is 11.8 Å². The molecular weight excluding hydrogens is 388 g/mol. The molecule has 2 aromatic rings. The van der Waals surface area contributed by atoms with Gasteiger partial charge in [-0.05, 0) is 61.9 Å². The molecule has 5 nitrogen and oxygen atoms in total. The van der Waals surface area contributed by atoms with Crippen molar-refractivity contribution in [2.24, 2.45) is 0 Å². The van der Waals surface area contributed by atoms with E-state index >= 15 is 0 Å². The van der Waals surface area contributed by atoms with Crippen LogP contribution in [0, 0.1) is 0 Å². The zero-order chi connectivity index (χ0) is 22.8. The maximum absolute atomic E-state index is 13.2. The third kappa shape index (κ3) is 7.42. The quantitative estimate of drug-likeness (QED) is 0.577. The number of benzene rings is 2. The lowest BCUT2D eigenvalue weighted by molar-refractivity contribution is -0.140. The van der Waals surface area contributed by atoms with E-state index in [2.05, 4.69) is 36.5 Å². The van der Waals surface area contributed by atoms with Crippen LogP contribution < -0.4 is 10.1 Å². The van der Waals surface area contributed by atoms with Crippen LogP contribution in [0.4, 0.5) is 0 Å². The fourth-order valence-electron chi connectivity index (χ4n) is 3.31. The normalized spacial score (nSPS) is 12.7. The summed E-state index contributed by atoms with van der Waals surface area (Å²) in [5.74, 6) is 0.616. The maximum atomic E-state index is 13.2. The molecule has 0 fully saturated rings. The van der Waals surface area contributed by atoms with Crippen molar-refractivity contribution in [1.29, 1.82) is 0 Å².